The fourth-order valence-corrected chi connectivity index (χ4v) is 3.82. The van der Waals surface area contributed by atoms with Crippen molar-refractivity contribution in [1.29, 1.82) is 0 Å². The van der Waals surface area contributed by atoms with E-state index in [1.54, 1.807) is 11.4 Å². The number of hydrogen-bond acceptors (Lipinski definition) is 3. The van der Waals surface area contributed by atoms with Crippen LogP contribution in [0.2, 0.25) is 0 Å². The average molecular weight is 285 g/mol. The van der Waals surface area contributed by atoms with Gasteiger partial charge in [0.1, 0.15) is 0 Å². The van der Waals surface area contributed by atoms with Gasteiger partial charge in [0.05, 0.1) is 6.54 Å². The molecule has 108 valence electrons. The molecule has 0 aromatic rings. The Morgan fingerprint density at radius 1 is 1.42 bits per heavy atom. The maximum Gasteiger partial charge on any atom is 0.282 e. The molecule has 1 atom stereocenters. The van der Waals surface area contributed by atoms with Crippen molar-refractivity contribution < 1.29 is 8.42 Å². The number of nitrogens with one attached hydrogen (secondary N) is 1. The zero-order chi connectivity index (χ0) is 13.9. The maximum atomic E-state index is 12.3. The number of rotatable bonds is 6. The van der Waals surface area contributed by atoms with E-state index in [-0.39, 0.29) is 6.54 Å². The summed E-state index contributed by atoms with van der Waals surface area (Å²) in [7, 11) is -1.84. The Balaban J connectivity index is 1.89. The fourth-order valence-electron chi connectivity index (χ4n) is 2.43. The number of terminal acetylenes is 1. The van der Waals surface area contributed by atoms with Crippen LogP contribution in [0.1, 0.15) is 25.7 Å². The van der Waals surface area contributed by atoms with Crippen molar-refractivity contribution in [3.05, 3.63) is 0 Å². The van der Waals surface area contributed by atoms with Crippen LogP contribution in [-0.2, 0) is 10.2 Å². The molecule has 19 heavy (non-hydrogen) atoms. The molecule has 0 spiro atoms. The predicted molar refractivity (Wildman–Crippen MR) is 75.7 cm³/mol. The third-order valence-corrected chi connectivity index (χ3v) is 5.69. The highest BCUT2D eigenvalue weighted by Gasteiger charge is 2.32. The lowest BCUT2D eigenvalue weighted by atomic mass is 10.00. The van der Waals surface area contributed by atoms with E-state index in [1.165, 1.54) is 17.1 Å². The highest BCUT2D eigenvalue weighted by Crippen LogP contribution is 2.23. The summed E-state index contributed by atoms with van der Waals surface area (Å²) in [6, 6.07) is 0.677. The number of hydrogen-bond donors (Lipinski definition) is 1. The average Bonchev–Trinajstić information content (AvgIpc) is 3.21. The Morgan fingerprint density at radius 2 is 2.16 bits per heavy atom. The molecule has 1 N–H and O–H groups in total. The van der Waals surface area contributed by atoms with Crippen LogP contribution >= 0.6 is 0 Å². The molecule has 1 aliphatic carbocycles. The molecule has 0 radical (unpaired) electrons. The van der Waals surface area contributed by atoms with Gasteiger partial charge in [-0.25, -0.2) is 0 Å². The molecule has 2 aliphatic rings. The highest BCUT2D eigenvalue weighted by molar-refractivity contribution is 7.86. The minimum atomic E-state index is -3.38. The van der Waals surface area contributed by atoms with Crippen LogP contribution < -0.4 is 5.32 Å². The van der Waals surface area contributed by atoms with Crippen LogP contribution in [0.25, 0.3) is 0 Å². The Bertz CT molecular complexity index is 439. The van der Waals surface area contributed by atoms with Gasteiger partial charge in [-0.3, -0.25) is 0 Å². The third kappa shape index (κ3) is 3.93. The van der Waals surface area contributed by atoms with Crippen molar-refractivity contribution in [2.24, 2.45) is 5.92 Å². The van der Waals surface area contributed by atoms with E-state index < -0.39 is 10.2 Å². The summed E-state index contributed by atoms with van der Waals surface area (Å²) in [4.78, 5) is 0. The lowest BCUT2D eigenvalue weighted by Crippen LogP contribution is -2.48. The molecule has 1 saturated carbocycles. The van der Waals surface area contributed by atoms with Gasteiger partial charge in [-0.2, -0.15) is 17.0 Å². The first-order valence-corrected chi connectivity index (χ1v) is 8.32. The predicted octanol–water partition coefficient (Wildman–Crippen LogP) is 0.260. The summed E-state index contributed by atoms with van der Waals surface area (Å²) < 4.78 is 27.4. The molecule has 0 aromatic carbocycles. The van der Waals surface area contributed by atoms with E-state index in [0.29, 0.717) is 25.0 Å². The van der Waals surface area contributed by atoms with E-state index in [9.17, 15) is 8.42 Å². The zero-order valence-corrected chi connectivity index (χ0v) is 12.3. The van der Waals surface area contributed by atoms with Crippen LogP contribution in [0.4, 0.5) is 0 Å². The minimum Gasteiger partial charge on any atom is -0.314 e. The molecule has 1 heterocycles. The molecule has 1 unspecified atom stereocenters. The highest BCUT2D eigenvalue weighted by atomic mass is 32.2. The first-order chi connectivity index (χ1) is 9.04. The quantitative estimate of drug-likeness (QED) is 0.712. The van der Waals surface area contributed by atoms with Crippen molar-refractivity contribution in [2.45, 2.75) is 31.7 Å². The summed E-state index contributed by atoms with van der Waals surface area (Å²) in [6.45, 7) is 2.27. The van der Waals surface area contributed by atoms with Crippen LogP contribution in [-0.4, -0.2) is 56.3 Å². The van der Waals surface area contributed by atoms with Gasteiger partial charge in [-0.05, 0) is 38.1 Å². The smallest absolute Gasteiger partial charge is 0.282 e. The molecule has 0 bridgehead atoms. The first kappa shape index (κ1) is 14.8. The lowest BCUT2D eigenvalue weighted by molar-refractivity contribution is 0.248. The van der Waals surface area contributed by atoms with Gasteiger partial charge in [0, 0.05) is 26.2 Å². The number of nitrogens with zero attached hydrogens (tertiary/aromatic N) is 2. The maximum absolute atomic E-state index is 12.3. The Morgan fingerprint density at radius 3 is 2.79 bits per heavy atom. The van der Waals surface area contributed by atoms with Gasteiger partial charge in [0.2, 0.25) is 0 Å². The van der Waals surface area contributed by atoms with Crippen molar-refractivity contribution >= 4 is 10.2 Å². The molecule has 5 nitrogen and oxygen atoms in total. The van der Waals surface area contributed by atoms with Crippen LogP contribution in [0.5, 0.6) is 0 Å². The van der Waals surface area contributed by atoms with E-state index >= 15 is 0 Å². The van der Waals surface area contributed by atoms with Crippen molar-refractivity contribution in [3.63, 3.8) is 0 Å². The van der Waals surface area contributed by atoms with Crippen LogP contribution in [0.3, 0.4) is 0 Å². The van der Waals surface area contributed by atoms with Gasteiger partial charge >= 0.3 is 0 Å². The van der Waals surface area contributed by atoms with Crippen molar-refractivity contribution in [1.82, 2.24) is 13.9 Å². The van der Waals surface area contributed by atoms with Gasteiger partial charge in [-0.15, -0.1) is 6.42 Å². The molecular formula is C13H23N3O2S. The molecule has 0 amide bonds. The van der Waals surface area contributed by atoms with Gasteiger partial charge in [0.25, 0.3) is 10.2 Å². The van der Waals surface area contributed by atoms with E-state index in [4.69, 9.17) is 6.42 Å². The van der Waals surface area contributed by atoms with E-state index in [1.807, 2.05) is 0 Å². The van der Waals surface area contributed by atoms with Crippen LogP contribution in [0.15, 0.2) is 0 Å². The summed E-state index contributed by atoms with van der Waals surface area (Å²) in [5.41, 5.74) is 0. The molecule has 2 rings (SSSR count). The summed E-state index contributed by atoms with van der Waals surface area (Å²) in [6.07, 6.45) is 9.75. The standard InChI is InChI=1S/C13H23N3O2S/c1-3-8-15(2)19(17,18)16-9-4-5-12(11-16)10-14-13-6-7-13/h1,12-14H,4-11H2,2H3. The second-order valence-electron chi connectivity index (χ2n) is 5.52. The lowest BCUT2D eigenvalue weighted by Gasteiger charge is -2.34. The first-order valence-electron chi connectivity index (χ1n) is 6.92. The molecule has 6 heteroatoms. The molecule has 1 aliphatic heterocycles. The fraction of sp³-hybridized carbons (Fsp3) is 0.846. The van der Waals surface area contributed by atoms with Gasteiger partial charge in [0.15, 0.2) is 0 Å². The molecular weight excluding hydrogens is 262 g/mol. The molecule has 2 fully saturated rings. The van der Waals surface area contributed by atoms with E-state index in [2.05, 4.69) is 11.2 Å². The topological polar surface area (TPSA) is 52.7 Å². The number of piperidine rings is 1. The Hall–Kier alpha value is -0.610. The van der Waals surface area contributed by atoms with Crippen molar-refractivity contribution in [3.8, 4) is 12.3 Å². The monoisotopic (exact) mass is 285 g/mol. The second kappa shape index (κ2) is 6.23. The second-order valence-corrected chi connectivity index (χ2v) is 7.55. The van der Waals surface area contributed by atoms with Crippen molar-refractivity contribution in [2.75, 3.05) is 33.2 Å². The largest absolute Gasteiger partial charge is 0.314 e. The zero-order valence-electron chi connectivity index (χ0n) is 11.5. The minimum absolute atomic E-state index is 0.129. The Labute approximate surface area is 116 Å². The summed E-state index contributed by atoms with van der Waals surface area (Å²) in [5, 5.41) is 3.49. The van der Waals surface area contributed by atoms with Gasteiger partial charge in [-0.1, -0.05) is 5.92 Å². The normalized spacial score (nSPS) is 25.4. The summed E-state index contributed by atoms with van der Waals surface area (Å²) in [5.74, 6) is 2.80. The summed E-state index contributed by atoms with van der Waals surface area (Å²) >= 11 is 0. The SMILES string of the molecule is C#CCN(C)S(=O)(=O)N1CCCC(CNC2CC2)C1. The third-order valence-electron chi connectivity index (χ3n) is 3.79. The molecule has 1 saturated heterocycles. The molecule has 0 aromatic heterocycles. The Kier molecular flexibility index (Phi) is 4.85. The van der Waals surface area contributed by atoms with Gasteiger partial charge < -0.3 is 5.32 Å². The van der Waals surface area contributed by atoms with E-state index in [0.717, 1.165) is 19.4 Å². The van der Waals surface area contributed by atoms with Crippen LogP contribution in [0, 0.1) is 18.3 Å².